The molecule has 0 atom stereocenters. The van der Waals surface area contributed by atoms with Crippen molar-refractivity contribution in [2.24, 2.45) is 0 Å². The number of rotatable bonds is 5. The summed E-state index contributed by atoms with van der Waals surface area (Å²) in [5.41, 5.74) is 4.76. The fourth-order valence-electron chi connectivity index (χ4n) is 4.18. The van der Waals surface area contributed by atoms with Crippen molar-refractivity contribution in [2.75, 3.05) is 6.54 Å². The van der Waals surface area contributed by atoms with Gasteiger partial charge in [-0.05, 0) is 34.9 Å². The van der Waals surface area contributed by atoms with E-state index in [9.17, 15) is 4.79 Å². The lowest BCUT2D eigenvalue weighted by Crippen LogP contribution is -2.30. The number of hydrogen-bond donors (Lipinski definition) is 0. The zero-order valence-corrected chi connectivity index (χ0v) is 17.3. The quantitative estimate of drug-likeness (QED) is 0.476. The molecular weight excluding hydrogens is 394 g/mol. The maximum Gasteiger partial charge on any atom is 0.274 e. The van der Waals surface area contributed by atoms with Crippen molar-refractivity contribution in [1.82, 2.24) is 14.7 Å². The predicted octanol–water partition coefficient (Wildman–Crippen LogP) is 4.66. The van der Waals surface area contributed by atoms with Crippen LogP contribution in [0.25, 0.3) is 10.8 Å². The second-order valence-electron chi connectivity index (χ2n) is 7.80. The third-order valence-electron chi connectivity index (χ3n) is 5.76. The second kappa shape index (κ2) is 8.05. The Kier molecular flexibility index (Phi) is 5.11. The van der Waals surface area contributed by atoms with Crippen LogP contribution < -0.4 is 5.56 Å². The molecule has 4 nitrogen and oxygen atoms in total. The van der Waals surface area contributed by atoms with Crippen LogP contribution >= 0.6 is 11.6 Å². The van der Waals surface area contributed by atoms with Crippen molar-refractivity contribution >= 4 is 22.4 Å². The van der Waals surface area contributed by atoms with Gasteiger partial charge in [0.15, 0.2) is 0 Å². The minimum absolute atomic E-state index is 0.0258. The van der Waals surface area contributed by atoms with Crippen LogP contribution in [0.15, 0.2) is 77.6 Å². The monoisotopic (exact) mass is 415 g/mol. The molecule has 0 bridgehead atoms. The van der Waals surface area contributed by atoms with E-state index < -0.39 is 0 Å². The molecule has 0 amide bonds. The molecule has 0 saturated carbocycles. The van der Waals surface area contributed by atoms with Gasteiger partial charge >= 0.3 is 0 Å². The van der Waals surface area contributed by atoms with Gasteiger partial charge in [-0.2, -0.15) is 5.10 Å². The fourth-order valence-corrected chi connectivity index (χ4v) is 4.31. The zero-order valence-electron chi connectivity index (χ0n) is 16.6. The van der Waals surface area contributed by atoms with Crippen LogP contribution in [0.2, 0.25) is 5.02 Å². The average molecular weight is 416 g/mol. The Morgan fingerprint density at radius 2 is 1.43 bits per heavy atom. The van der Waals surface area contributed by atoms with Gasteiger partial charge in [-0.3, -0.25) is 9.69 Å². The first-order valence-corrected chi connectivity index (χ1v) is 10.6. The number of aromatic nitrogens is 2. The lowest BCUT2D eigenvalue weighted by molar-refractivity contribution is 0.264. The van der Waals surface area contributed by atoms with Crippen LogP contribution in [0.5, 0.6) is 0 Å². The van der Waals surface area contributed by atoms with Crippen molar-refractivity contribution in [3.05, 3.63) is 111 Å². The minimum atomic E-state index is -0.0258. The smallest absolute Gasteiger partial charge is 0.274 e. The van der Waals surface area contributed by atoms with Crippen LogP contribution in [0.3, 0.4) is 0 Å². The minimum Gasteiger partial charge on any atom is -0.293 e. The summed E-state index contributed by atoms with van der Waals surface area (Å²) in [4.78, 5) is 15.4. The molecule has 0 fully saturated rings. The Balaban J connectivity index is 1.43. The highest BCUT2D eigenvalue weighted by Crippen LogP contribution is 2.22. The van der Waals surface area contributed by atoms with Crippen LogP contribution in [0.4, 0.5) is 0 Å². The summed E-state index contributed by atoms with van der Waals surface area (Å²) in [6.45, 7) is 3.22. The number of fused-ring (bicyclic) bond motifs is 2. The third kappa shape index (κ3) is 3.76. The van der Waals surface area contributed by atoms with Crippen LogP contribution in [-0.2, 0) is 26.1 Å². The van der Waals surface area contributed by atoms with Gasteiger partial charge in [0.25, 0.3) is 5.56 Å². The SMILES string of the molecule is O=c1c2ccccc2c(Cc2ccc(Cl)cc2)nn1CCN1Cc2ccccc2C1. The molecule has 0 radical (unpaired) electrons. The van der Waals surface area contributed by atoms with Crippen molar-refractivity contribution in [3.63, 3.8) is 0 Å². The van der Waals surface area contributed by atoms with E-state index in [-0.39, 0.29) is 5.56 Å². The van der Waals surface area contributed by atoms with Gasteiger partial charge in [0.1, 0.15) is 0 Å². The molecule has 5 heteroatoms. The maximum absolute atomic E-state index is 13.1. The Hall–Kier alpha value is -2.95. The van der Waals surface area contributed by atoms with E-state index in [1.54, 1.807) is 4.68 Å². The van der Waals surface area contributed by atoms with Crippen molar-refractivity contribution in [1.29, 1.82) is 0 Å². The third-order valence-corrected chi connectivity index (χ3v) is 6.02. The maximum atomic E-state index is 13.1. The Bertz CT molecular complexity index is 1240. The topological polar surface area (TPSA) is 38.1 Å². The predicted molar refractivity (Wildman–Crippen MR) is 121 cm³/mol. The summed E-state index contributed by atoms with van der Waals surface area (Å²) >= 11 is 6.03. The van der Waals surface area contributed by atoms with Gasteiger partial charge in [0.05, 0.1) is 17.6 Å². The first kappa shape index (κ1) is 19.0. The van der Waals surface area contributed by atoms with Crippen molar-refractivity contribution in [3.8, 4) is 0 Å². The van der Waals surface area contributed by atoms with E-state index in [1.807, 2.05) is 48.5 Å². The second-order valence-corrected chi connectivity index (χ2v) is 8.24. The van der Waals surface area contributed by atoms with Gasteiger partial charge in [-0.15, -0.1) is 0 Å². The van der Waals surface area contributed by atoms with E-state index in [4.69, 9.17) is 16.7 Å². The highest BCUT2D eigenvalue weighted by atomic mass is 35.5. The van der Waals surface area contributed by atoms with Gasteiger partial charge in [-0.1, -0.05) is 66.2 Å². The van der Waals surface area contributed by atoms with Crippen LogP contribution in [0, 0.1) is 0 Å². The highest BCUT2D eigenvalue weighted by molar-refractivity contribution is 6.30. The standard InChI is InChI=1S/C25H22ClN3O/c26-21-11-9-18(10-12-21)15-24-22-7-3-4-8-23(22)25(30)29(27-24)14-13-28-16-19-5-1-2-6-20(19)17-28/h1-12H,13-17H2. The number of nitrogens with zero attached hydrogens (tertiary/aromatic N) is 3. The largest absolute Gasteiger partial charge is 0.293 e. The molecule has 30 heavy (non-hydrogen) atoms. The Morgan fingerprint density at radius 1 is 0.800 bits per heavy atom. The summed E-state index contributed by atoms with van der Waals surface area (Å²) in [5, 5.41) is 7.13. The lowest BCUT2D eigenvalue weighted by atomic mass is 10.0. The average Bonchev–Trinajstić information content (AvgIpc) is 3.19. The van der Waals surface area contributed by atoms with E-state index in [1.165, 1.54) is 11.1 Å². The molecule has 4 aromatic rings. The van der Waals surface area contributed by atoms with Gasteiger partial charge in [-0.25, -0.2) is 4.68 Å². The summed E-state index contributed by atoms with van der Waals surface area (Å²) < 4.78 is 1.64. The van der Waals surface area contributed by atoms with E-state index in [0.717, 1.165) is 41.7 Å². The summed E-state index contributed by atoms with van der Waals surface area (Å²) in [7, 11) is 0. The molecule has 1 aromatic heterocycles. The first-order chi connectivity index (χ1) is 14.7. The molecule has 1 aliphatic rings. The molecule has 0 unspecified atom stereocenters. The van der Waals surface area contributed by atoms with Gasteiger partial charge in [0, 0.05) is 36.5 Å². The van der Waals surface area contributed by atoms with E-state index in [0.29, 0.717) is 18.0 Å². The Labute approximate surface area is 180 Å². The Morgan fingerprint density at radius 3 is 2.13 bits per heavy atom. The molecule has 0 spiro atoms. The van der Waals surface area contributed by atoms with E-state index >= 15 is 0 Å². The van der Waals surface area contributed by atoms with Gasteiger partial charge < -0.3 is 0 Å². The molecule has 1 aliphatic heterocycles. The van der Waals surface area contributed by atoms with Crippen molar-refractivity contribution < 1.29 is 0 Å². The van der Waals surface area contributed by atoms with Crippen molar-refractivity contribution in [2.45, 2.75) is 26.1 Å². The van der Waals surface area contributed by atoms with E-state index in [2.05, 4.69) is 29.2 Å². The highest BCUT2D eigenvalue weighted by Gasteiger charge is 2.18. The molecular formula is C25H22ClN3O. The zero-order chi connectivity index (χ0) is 20.5. The number of halogens is 1. The molecule has 5 rings (SSSR count). The molecule has 2 heterocycles. The molecule has 0 aliphatic carbocycles. The summed E-state index contributed by atoms with van der Waals surface area (Å²) in [6.07, 6.45) is 0.660. The fraction of sp³-hybridized carbons (Fsp3) is 0.200. The number of benzene rings is 3. The van der Waals surface area contributed by atoms with Crippen LogP contribution in [-0.4, -0.2) is 21.2 Å². The lowest BCUT2D eigenvalue weighted by Gasteiger charge is -2.16. The summed E-state index contributed by atoms with van der Waals surface area (Å²) in [6, 6.07) is 24.1. The molecule has 0 saturated heterocycles. The first-order valence-electron chi connectivity index (χ1n) is 10.2. The molecule has 0 N–H and O–H groups in total. The van der Waals surface area contributed by atoms with Gasteiger partial charge in [0.2, 0.25) is 0 Å². The van der Waals surface area contributed by atoms with Crippen LogP contribution in [0.1, 0.15) is 22.4 Å². The normalized spacial score (nSPS) is 13.6. The molecule has 150 valence electrons. The number of hydrogen-bond acceptors (Lipinski definition) is 3. The summed E-state index contributed by atoms with van der Waals surface area (Å²) in [5.74, 6) is 0. The molecule has 3 aromatic carbocycles.